The van der Waals surface area contributed by atoms with E-state index in [1.165, 1.54) is 16.8 Å². The Morgan fingerprint density at radius 3 is 2.83 bits per heavy atom. The third kappa shape index (κ3) is 1.64. The van der Waals surface area contributed by atoms with Gasteiger partial charge in [0.25, 0.3) is 0 Å². The normalized spacial score (nSPS) is 10.8. The molecule has 1 aromatic carbocycles. The predicted octanol–water partition coefficient (Wildman–Crippen LogP) is 2.43. The van der Waals surface area contributed by atoms with Gasteiger partial charge in [0.1, 0.15) is 13.4 Å². The summed E-state index contributed by atoms with van der Waals surface area (Å²) < 4.78 is 2.12. The maximum absolute atomic E-state index is 4.28. The van der Waals surface area contributed by atoms with Crippen LogP contribution >= 0.6 is 0 Å². The van der Waals surface area contributed by atoms with E-state index >= 15 is 0 Å². The fourth-order valence-corrected chi connectivity index (χ4v) is 2.27. The Labute approximate surface area is 106 Å². The SMILES string of the molecule is Cc1c(-c2cccc[n+]2C)ccc2ncncc12. The highest BCUT2D eigenvalue weighted by Crippen LogP contribution is 2.26. The zero-order valence-electron chi connectivity index (χ0n) is 10.5. The molecular weight excluding hydrogens is 222 g/mol. The smallest absolute Gasteiger partial charge is 0.212 e. The highest BCUT2D eigenvalue weighted by Gasteiger charge is 2.13. The minimum absolute atomic E-state index is 0.991. The molecule has 0 fully saturated rings. The highest BCUT2D eigenvalue weighted by molar-refractivity contribution is 5.87. The minimum Gasteiger partial charge on any atom is -0.244 e. The van der Waals surface area contributed by atoms with Gasteiger partial charge in [-0.25, -0.2) is 14.5 Å². The van der Waals surface area contributed by atoms with Gasteiger partial charge in [-0.15, -0.1) is 0 Å². The van der Waals surface area contributed by atoms with Crippen molar-refractivity contribution < 1.29 is 4.57 Å². The van der Waals surface area contributed by atoms with Crippen molar-refractivity contribution in [2.24, 2.45) is 7.05 Å². The number of pyridine rings is 1. The third-order valence-electron chi connectivity index (χ3n) is 3.29. The van der Waals surface area contributed by atoms with Gasteiger partial charge < -0.3 is 0 Å². The number of aromatic nitrogens is 3. The van der Waals surface area contributed by atoms with Crippen LogP contribution in [0.25, 0.3) is 22.2 Å². The van der Waals surface area contributed by atoms with Gasteiger partial charge in [-0.1, -0.05) is 0 Å². The first-order valence-electron chi connectivity index (χ1n) is 5.92. The summed E-state index contributed by atoms with van der Waals surface area (Å²) in [6.07, 6.45) is 5.52. The van der Waals surface area contributed by atoms with E-state index in [-0.39, 0.29) is 0 Å². The van der Waals surface area contributed by atoms with Crippen LogP contribution in [0.2, 0.25) is 0 Å². The molecule has 3 aromatic rings. The zero-order valence-corrected chi connectivity index (χ0v) is 10.5. The van der Waals surface area contributed by atoms with Crippen LogP contribution in [-0.2, 0) is 7.05 Å². The van der Waals surface area contributed by atoms with Crippen LogP contribution in [0.15, 0.2) is 49.1 Å². The number of benzene rings is 1. The van der Waals surface area contributed by atoms with E-state index in [0.29, 0.717) is 0 Å². The van der Waals surface area contributed by atoms with Crippen molar-refractivity contribution in [2.75, 3.05) is 0 Å². The van der Waals surface area contributed by atoms with Gasteiger partial charge in [0.05, 0.1) is 5.52 Å². The second-order valence-corrected chi connectivity index (χ2v) is 4.39. The van der Waals surface area contributed by atoms with Crippen LogP contribution < -0.4 is 4.57 Å². The lowest BCUT2D eigenvalue weighted by atomic mass is 10.0. The van der Waals surface area contributed by atoms with Gasteiger partial charge in [-0.2, -0.15) is 0 Å². The number of fused-ring (bicyclic) bond motifs is 1. The van der Waals surface area contributed by atoms with E-state index in [9.17, 15) is 0 Å². The molecule has 3 rings (SSSR count). The summed E-state index contributed by atoms with van der Waals surface area (Å²) in [5, 5.41) is 1.11. The van der Waals surface area contributed by atoms with Crippen molar-refractivity contribution in [2.45, 2.75) is 6.92 Å². The summed E-state index contributed by atoms with van der Waals surface area (Å²) in [6.45, 7) is 2.12. The summed E-state index contributed by atoms with van der Waals surface area (Å²) in [6, 6.07) is 10.4. The molecule has 0 unspecified atom stereocenters. The van der Waals surface area contributed by atoms with Gasteiger partial charge in [0, 0.05) is 29.3 Å². The quantitative estimate of drug-likeness (QED) is 0.607. The third-order valence-corrected chi connectivity index (χ3v) is 3.29. The average Bonchev–Trinajstić information content (AvgIpc) is 2.41. The highest BCUT2D eigenvalue weighted by atomic mass is 14.9. The minimum atomic E-state index is 0.991. The van der Waals surface area contributed by atoms with Crippen LogP contribution in [0, 0.1) is 6.92 Å². The number of rotatable bonds is 1. The van der Waals surface area contributed by atoms with E-state index in [0.717, 1.165) is 10.9 Å². The van der Waals surface area contributed by atoms with Gasteiger partial charge in [0.2, 0.25) is 5.69 Å². The fraction of sp³-hybridized carbons (Fsp3) is 0.133. The topological polar surface area (TPSA) is 29.7 Å². The molecule has 0 radical (unpaired) electrons. The largest absolute Gasteiger partial charge is 0.244 e. The van der Waals surface area contributed by atoms with Crippen LogP contribution in [0.3, 0.4) is 0 Å². The van der Waals surface area contributed by atoms with Crippen molar-refractivity contribution in [3.8, 4) is 11.3 Å². The van der Waals surface area contributed by atoms with E-state index < -0.39 is 0 Å². The molecule has 0 N–H and O–H groups in total. The summed E-state index contributed by atoms with van der Waals surface area (Å²) >= 11 is 0. The first-order valence-corrected chi connectivity index (χ1v) is 5.92. The maximum Gasteiger partial charge on any atom is 0.212 e. The Balaban J connectivity index is 2.31. The second kappa shape index (κ2) is 4.18. The van der Waals surface area contributed by atoms with Crippen LogP contribution in [-0.4, -0.2) is 9.97 Å². The van der Waals surface area contributed by atoms with Crippen molar-refractivity contribution in [1.82, 2.24) is 9.97 Å². The molecule has 3 nitrogen and oxygen atoms in total. The molecule has 0 spiro atoms. The fourth-order valence-electron chi connectivity index (χ4n) is 2.27. The molecule has 0 bridgehead atoms. The molecule has 0 saturated carbocycles. The van der Waals surface area contributed by atoms with Crippen molar-refractivity contribution in [1.29, 1.82) is 0 Å². The van der Waals surface area contributed by atoms with E-state index in [2.05, 4.69) is 52.9 Å². The van der Waals surface area contributed by atoms with Gasteiger partial charge in [-0.3, -0.25) is 0 Å². The molecule has 88 valence electrons. The molecular formula is C15H14N3+. The predicted molar refractivity (Wildman–Crippen MR) is 70.9 cm³/mol. The second-order valence-electron chi connectivity index (χ2n) is 4.39. The van der Waals surface area contributed by atoms with Crippen molar-refractivity contribution >= 4 is 10.9 Å². The first-order chi connectivity index (χ1) is 8.77. The van der Waals surface area contributed by atoms with E-state index in [4.69, 9.17) is 0 Å². The molecule has 0 aliphatic rings. The standard InChI is InChI=1S/C15H14N3/c1-11-12(15-5-3-4-8-18(15)2)6-7-14-13(11)9-16-10-17-14/h3-10H,1-2H3/q+1. The summed E-state index contributed by atoms with van der Waals surface area (Å²) in [4.78, 5) is 8.39. The lowest BCUT2D eigenvalue weighted by molar-refractivity contribution is -0.660. The molecule has 2 aromatic heterocycles. The molecule has 0 aliphatic heterocycles. The summed E-state index contributed by atoms with van der Waals surface area (Å²) in [5.41, 5.74) is 4.63. The molecule has 0 aliphatic carbocycles. The van der Waals surface area contributed by atoms with Crippen LogP contribution in [0.4, 0.5) is 0 Å². The first kappa shape index (κ1) is 10.8. The lowest BCUT2D eigenvalue weighted by Gasteiger charge is -2.06. The number of hydrogen-bond acceptors (Lipinski definition) is 2. The van der Waals surface area contributed by atoms with Crippen LogP contribution in [0.1, 0.15) is 5.56 Å². The molecule has 0 amide bonds. The molecule has 0 saturated heterocycles. The van der Waals surface area contributed by atoms with Gasteiger partial charge >= 0.3 is 0 Å². The zero-order chi connectivity index (χ0) is 12.5. The molecule has 3 heteroatoms. The van der Waals surface area contributed by atoms with E-state index in [1.54, 1.807) is 6.33 Å². The molecule has 0 atom stereocenters. The van der Waals surface area contributed by atoms with Gasteiger partial charge in [-0.05, 0) is 30.7 Å². The molecule has 18 heavy (non-hydrogen) atoms. The van der Waals surface area contributed by atoms with Crippen LogP contribution in [0.5, 0.6) is 0 Å². The number of aryl methyl sites for hydroxylation is 2. The Kier molecular flexibility index (Phi) is 2.52. The Hall–Kier alpha value is -2.29. The number of hydrogen-bond donors (Lipinski definition) is 0. The average molecular weight is 236 g/mol. The summed E-state index contributed by atoms with van der Waals surface area (Å²) in [7, 11) is 2.06. The lowest BCUT2D eigenvalue weighted by Crippen LogP contribution is -2.30. The molecule has 2 heterocycles. The maximum atomic E-state index is 4.28. The van der Waals surface area contributed by atoms with Crippen molar-refractivity contribution in [3.63, 3.8) is 0 Å². The van der Waals surface area contributed by atoms with E-state index in [1.807, 2.05) is 18.3 Å². The monoisotopic (exact) mass is 236 g/mol. The Morgan fingerprint density at radius 1 is 1.11 bits per heavy atom. The van der Waals surface area contributed by atoms with Crippen molar-refractivity contribution in [3.05, 3.63) is 54.6 Å². The van der Waals surface area contributed by atoms with Gasteiger partial charge in [0.15, 0.2) is 6.20 Å². The Morgan fingerprint density at radius 2 is 2.00 bits per heavy atom. The Bertz CT molecular complexity index is 720. The summed E-state index contributed by atoms with van der Waals surface area (Å²) in [5.74, 6) is 0. The number of nitrogens with zero attached hydrogens (tertiary/aromatic N) is 3.